The maximum Gasteiger partial charge on any atom is 0.233 e. The first-order valence-corrected chi connectivity index (χ1v) is 9.56. The summed E-state index contributed by atoms with van der Waals surface area (Å²) in [4.78, 5) is 14.0. The second kappa shape index (κ2) is 9.08. The number of thioether (sulfide) groups is 1. The molecule has 0 aliphatic rings. The lowest BCUT2D eigenvalue weighted by Gasteiger charge is -2.18. The zero-order valence-electron chi connectivity index (χ0n) is 14.3. The van der Waals surface area contributed by atoms with E-state index in [4.69, 9.17) is 11.6 Å². The van der Waals surface area contributed by atoms with Gasteiger partial charge < -0.3 is 9.47 Å². The third kappa shape index (κ3) is 4.51. The molecule has 0 bridgehead atoms. The molecule has 0 N–H and O–H groups in total. The maximum absolute atomic E-state index is 12.2. The fraction of sp³-hybridized carbons (Fsp3) is 0.471. The molecule has 2 aromatic rings. The van der Waals surface area contributed by atoms with Gasteiger partial charge in [-0.1, -0.05) is 30.3 Å². The molecule has 5 nitrogen and oxygen atoms in total. The van der Waals surface area contributed by atoms with Crippen molar-refractivity contribution >= 4 is 29.3 Å². The average molecular weight is 367 g/mol. The molecule has 0 spiro atoms. The van der Waals surface area contributed by atoms with Crippen molar-refractivity contribution in [1.29, 1.82) is 0 Å². The molecule has 7 heteroatoms. The van der Waals surface area contributed by atoms with E-state index in [-0.39, 0.29) is 5.91 Å². The molecule has 0 radical (unpaired) electrons. The van der Waals surface area contributed by atoms with Gasteiger partial charge in [0.2, 0.25) is 5.91 Å². The molecule has 24 heavy (non-hydrogen) atoms. The SMILES string of the molecule is CCCn1c(SCC(=O)N(CC)CC)nnc1-c1ccc(Cl)cc1. The lowest BCUT2D eigenvalue weighted by atomic mass is 10.2. The average Bonchev–Trinajstić information content (AvgIpc) is 2.98. The Balaban J connectivity index is 2.19. The van der Waals surface area contributed by atoms with Crippen molar-refractivity contribution in [2.45, 2.75) is 38.9 Å². The minimum Gasteiger partial charge on any atom is -0.343 e. The van der Waals surface area contributed by atoms with Gasteiger partial charge in [-0.25, -0.2) is 0 Å². The first kappa shape index (κ1) is 18.8. The van der Waals surface area contributed by atoms with Gasteiger partial charge in [-0.2, -0.15) is 0 Å². The van der Waals surface area contributed by atoms with Crippen LogP contribution in [0.3, 0.4) is 0 Å². The van der Waals surface area contributed by atoms with Gasteiger partial charge in [0.15, 0.2) is 11.0 Å². The molecular weight excluding hydrogens is 344 g/mol. The van der Waals surface area contributed by atoms with Gasteiger partial charge >= 0.3 is 0 Å². The van der Waals surface area contributed by atoms with Crippen LogP contribution < -0.4 is 0 Å². The number of nitrogens with zero attached hydrogens (tertiary/aromatic N) is 4. The molecule has 1 heterocycles. The van der Waals surface area contributed by atoms with E-state index in [1.807, 2.05) is 43.0 Å². The summed E-state index contributed by atoms with van der Waals surface area (Å²) < 4.78 is 2.07. The molecule has 2 rings (SSSR count). The van der Waals surface area contributed by atoms with E-state index in [1.54, 1.807) is 0 Å². The van der Waals surface area contributed by atoms with E-state index in [1.165, 1.54) is 11.8 Å². The van der Waals surface area contributed by atoms with E-state index in [2.05, 4.69) is 21.7 Å². The Morgan fingerprint density at radius 1 is 1.17 bits per heavy atom. The van der Waals surface area contributed by atoms with Crippen LogP contribution in [0.25, 0.3) is 11.4 Å². The number of hydrogen-bond acceptors (Lipinski definition) is 4. The minimum absolute atomic E-state index is 0.129. The number of benzene rings is 1. The van der Waals surface area contributed by atoms with Crippen molar-refractivity contribution < 1.29 is 4.79 Å². The monoisotopic (exact) mass is 366 g/mol. The van der Waals surface area contributed by atoms with Gasteiger partial charge in [-0.05, 0) is 44.5 Å². The van der Waals surface area contributed by atoms with Crippen LogP contribution in [0.4, 0.5) is 0 Å². The standard InChI is InChI=1S/C17H23ClN4OS/c1-4-11-22-16(13-7-9-14(18)10-8-13)19-20-17(22)24-12-15(23)21(5-2)6-3/h7-10H,4-6,11-12H2,1-3H3. The smallest absolute Gasteiger partial charge is 0.233 e. The van der Waals surface area contributed by atoms with Crippen LogP contribution >= 0.6 is 23.4 Å². The quantitative estimate of drug-likeness (QED) is 0.663. The highest BCUT2D eigenvalue weighted by Crippen LogP contribution is 2.25. The van der Waals surface area contributed by atoms with Crippen molar-refractivity contribution in [3.63, 3.8) is 0 Å². The van der Waals surface area contributed by atoms with Crippen LogP contribution in [0.1, 0.15) is 27.2 Å². The summed E-state index contributed by atoms with van der Waals surface area (Å²) in [7, 11) is 0. The van der Waals surface area contributed by atoms with Crippen LogP contribution in [-0.4, -0.2) is 44.4 Å². The van der Waals surface area contributed by atoms with Gasteiger partial charge in [-0.15, -0.1) is 10.2 Å². The van der Waals surface area contributed by atoms with Crippen LogP contribution in [0.2, 0.25) is 5.02 Å². The predicted molar refractivity (Wildman–Crippen MR) is 99.4 cm³/mol. The number of carbonyl (C=O) groups excluding carboxylic acids is 1. The highest BCUT2D eigenvalue weighted by atomic mass is 35.5. The van der Waals surface area contributed by atoms with E-state index in [9.17, 15) is 4.79 Å². The third-order valence-electron chi connectivity index (χ3n) is 3.71. The minimum atomic E-state index is 0.129. The van der Waals surface area contributed by atoms with Crippen LogP contribution in [0, 0.1) is 0 Å². The predicted octanol–water partition coefficient (Wildman–Crippen LogP) is 3.97. The Morgan fingerprint density at radius 2 is 1.83 bits per heavy atom. The molecule has 0 saturated carbocycles. The number of carbonyl (C=O) groups is 1. The molecule has 0 saturated heterocycles. The third-order valence-corrected chi connectivity index (χ3v) is 4.91. The van der Waals surface area contributed by atoms with Gasteiger partial charge in [-0.3, -0.25) is 4.79 Å². The van der Waals surface area contributed by atoms with Gasteiger partial charge in [0.05, 0.1) is 5.75 Å². The maximum atomic E-state index is 12.2. The summed E-state index contributed by atoms with van der Waals surface area (Å²) in [6.07, 6.45) is 0.968. The highest BCUT2D eigenvalue weighted by molar-refractivity contribution is 7.99. The summed E-state index contributed by atoms with van der Waals surface area (Å²) in [5.41, 5.74) is 0.974. The van der Waals surface area contributed by atoms with Crippen molar-refractivity contribution in [3.05, 3.63) is 29.3 Å². The Labute approximate surface area is 152 Å². The largest absolute Gasteiger partial charge is 0.343 e. The van der Waals surface area contributed by atoms with Crippen molar-refractivity contribution in [3.8, 4) is 11.4 Å². The lowest BCUT2D eigenvalue weighted by Crippen LogP contribution is -2.31. The number of aromatic nitrogens is 3. The Hall–Kier alpha value is -1.53. The molecule has 0 unspecified atom stereocenters. The molecule has 0 atom stereocenters. The summed E-state index contributed by atoms with van der Waals surface area (Å²) in [6, 6.07) is 7.57. The molecular formula is C17H23ClN4OS. The number of rotatable bonds is 8. The summed E-state index contributed by atoms with van der Waals surface area (Å²) >= 11 is 7.40. The normalized spacial score (nSPS) is 10.8. The van der Waals surface area contributed by atoms with Crippen molar-refractivity contribution in [2.75, 3.05) is 18.8 Å². The van der Waals surface area contributed by atoms with Crippen molar-refractivity contribution in [2.24, 2.45) is 0 Å². The molecule has 0 aliphatic carbocycles. The Morgan fingerprint density at radius 3 is 2.42 bits per heavy atom. The Kier molecular flexibility index (Phi) is 7.12. The van der Waals surface area contributed by atoms with E-state index < -0.39 is 0 Å². The van der Waals surface area contributed by atoms with E-state index >= 15 is 0 Å². The van der Waals surface area contributed by atoms with Crippen LogP contribution in [-0.2, 0) is 11.3 Å². The zero-order chi connectivity index (χ0) is 17.5. The Bertz CT molecular complexity index is 668. The molecule has 0 aliphatic heterocycles. The zero-order valence-corrected chi connectivity index (χ0v) is 15.9. The summed E-state index contributed by atoms with van der Waals surface area (Å²) in [5, 5.41) is 10.1. The number of halogens is 1. The molecule has 1 aromatic carbocycles. The van der Waals surface area contributed by atoms with Crippen LogP contribution in [0.5, 0.6) is 0 Å². The van der Waals surface area contributed by atoms with Gasteiger partial charge in [0.1, 0.15) is 0 Å². The highest BCUT2D eigenvalue weighted by Gasteiger charge is 2.16. The van der Waals surface area contributed by atoms with E-state index in [0.717, 1.165) is 42.6 Å². The van der Waals surface area contributed by atoms with Gasteiger partial charge in [0, 0.05) is 30.2 Å². The second-order valence-electron chi connectivity index (χ2n) is 5.32. The van der Waals surface area contributed by atoms with Crippen LogP contribution in [0.15, 0.2) is 29.4 Å². The fourth-order valence-corrected chi connectivity index (χ4v) is 3.42. The van der Waals surface area contributed by atoms with Gasteiger partial charge in [0.25, 0.3) is 0 Å². The molecule has 1 amide bonds. The fourth-order valence-electron chi connectivity index (χ4n) is 2.43. The molecule has 1 aromatic heterocycles. The van der Waals surface area contributed by atoms with Crippen molar-refractivity contribution in [1.82, 2.24) is 19.7 Å². The topological polar surface area (TPSA) is 51.0 Å². The molecule has 130 valence electrons. The first-order valence-electron chi connectivity index (χ1n) is 8.20. The summed E-state index contributed by atoms with van der Waals surface area (Å²) in [6.45, 7) is 8.36. The number of amides is 1. The molecule has 0 fully saturated rings. The van der Waals surface area contributed by atoms with E-state index in [0.29, 0.717) is 10.8 Å². The summed E-state index contributed by atoms with van der Waals surface area (Å²) in [5.74, 6) is 1.32. The first-order chi connectivity index (χ1) is 11.6. The number of hydrogen-bond donors (Lipinski definition) is 0. The lowest BCUT2D eigenvalue weighted by molar-refractivity contribution is -0.127. The second-order valence-corrected chi connectivity index (χ2v) is 6.70.